The van der Waals surface area contributed by atoms with E-state index in [2.05, 4.69) is 15.6 Å². The van der Waals surface area contributed by atoms with Crippen molar-refractivity contribution in [1.82, 2.24) is 10.3 Å². The summed E-state index contributed by atoms with van der Waals surface area (Å²) in [6.07, 6.45) is -2.13. The van der Waals surface area contributed by atoms with Gasteiger partial charge in [0.1, 0.15) is 17.6 Å². The highest BCUT2D eigenvalue weighted by Gasteiger charge is 2.35. The summed E-state index contributed by atoms with van der Waals surface area (Å²) in [5.41, 5.74) is -1.92. The molecule has 1 fully saturated rings. The maximum atomic E-state index is 12.7. The van der Waals surface area contributed by atoms with Crippen molar-refractivity contribution in [2.24, 2.45) is 5.41 Å². The van der Waals surface area contributed by atoms with Crippen molar-refractivity contribution in [3.63, 3.8) is 0 Å². The van der Waals surface area contributed by atoms with E-state index in [1.807, 2.05) is 6.92 Å². The van der Waals surface area contributed by atoms with Crippen molar-refractivity contribution in [3.8, 4) is 0 Å². The molecule has 122 valence electrons. The standard InChI is InChI=1S/C13H17F3N4O2/c1-12(3-2-4-17-7-12)8-19-9-5-11(13(14,15)16)18-6-10(9)20(21)22/h5-6,17H,2-4,7-8H2,1H3,(H,18,19). The van der Waals surface area contributed by atoms with Crippen LogP contribution in [0.3, 0.4) is 0 Å². The maximum absolute atomic E-state index is 12.7. The quantitative estimate of drug-likeness (QED) is 0.659. The molecule has 6 nitrogen and oxygen atoms in total. The minimum absolute atomic E-state index is 0.154. The summed E-state index contributed by atoms with van der Waals surface area (Å²) in [5.74, 6) is 0. The minimum Gasteiger partial charge on any atom is -0.379 e. The molecule has 1 aliphatic heterocycles. The van der Waals surface area contributed by atoms with E-state index < -0.39 is 22.5 Å². The number of piperidine rings is 1. The number of nitrogens with zero attached hydrogens (tertiary/aromatic N) is 2. The number of hydrogen-bond acceptors (Lipinski definition) is 5. The Morgan fingerprint density at radius 2 is 2.27 bits per heavy atom. The van der Waals surface area contributed by atoms with Crippen LogP contribution in [0, 0.1) is 15.5 Å². The molecule has 1 aromatic rings. The summed E-state index contributed by atoms with van der Waals surface area (Å²) in [6, 6.07) is 0.692. The van der Waals surface area contributed by atoms with Gasteiger partial charge in [-0.15, -0.1) is 0 Å². The molecule has 0 radical (unpaired) electrons. The van der Waals surface area contributed by atoms with Gasteiger partial charge in [0.15, 0.2) is 0 Å². The Kier molecular flexibility index (Phi) is 4.55. The molecule has 1 aliphatic rings. The van der Waals surface area contributed by atoms with E-state index in [4.69, 9.17) is 0 Å². The Balaban J connectivity index is 2.21. The second kappa shape index (κ2) is 6.07. The van der Waals surface area contributed by atoms with Crippen LogP contribution in [0.1, 0.15) is 25.5 Å². The number of alkyl halides is 3. The molecule has 0 aliphatic carbocycles. The Bertz CT molecular complexity index is 557. The monoisotopic (exact) mass is 318 g/mol. The summed E-state index contributed by atoms with van der Waals surface area (Å²) in [5, 5.41) is 17.0. The zero-order chi connectivity index (χ0) is 16.4. The van der Waals surface area contributed by atoms with Gasteiger partial charge in [0.25, 0.3) is 0 Å². The number of rotatable bonds is 4. The molecule has 0 spiro atoms. The van der Waals surface area contributed by atoms with Crippen molar-refractivity contribution in [3.05, 3.63) is 28.1 Å². The van der Waals surface area contributed by atoms with E-state index in [1.54, 1.807) is 0 Å². The van der Waals surface area contributed by atoms with Gasteiger partial charge in [-0.2, -0.15) is 13.2 Å². The molecule has 9 heteroatoms. The van der Waals surface area contributed by atoms with E-state index >= 15 is 0 Å². The van der Waals surface area contributed by atoms with Crippen molar-refractivity contribution in [2.75, 3.05) is 25.0 Å². The predicted octanol–water partition coefficient (Wildman–Crippen LogP) is 2.81. The number of nitro groups is 1. The third-order valence-corrected chi connectivity index (χ3v) is 3.76. The van der Waals surface area contributed by atoms with Gasteiger partial charge in [0.05, 0.1) is 4.92 Å². The van der Waals surface area contributed by atoms with Gasteiger partial charge < -0.3 is 10.6 Å². The molecule has 1 aromatic heterocycles. The molecule has 0 bridgehead atoms. The second-order valence-corrected chi connectivity index (χ2v) is 5.79. The molecule has 1 atom stereocenters. The van der Waals surface area contributed by atoms with Crippen LogP contribution in [0.4, 0.5) is 24.5 Å². The lowest BCUT2D eigenvalue weighted by Gasteiger charge is -2.34. The summed E-state index contributed by atoms with van der Waals surface area (Å²) in [6.45, 7) is 3.96. The van der Waals surface area contributed by atoms with Crippen LogP contribution >= 0.6 is 0 Å². The molecular formula is C13H17F3N4O2. The molecule has 1 saturated heterocycles. The maximum Gasteiger partial charge on any atom is 0.433 e. The molecule has 2 rings (SSSR count). The van der Waals surface area contributed by atoms with Gasteiger partial charge in [0, 0.05) is 13.1 Å². The van der Waals surface area contributed by atoms with Gasteiger partial charge in [0.2, 0.25) is 0 Å². The molecule has 0 aromatic carbocycles. The van der Waals surface area contributed by atoms with Gasteiger partial charge >= 0.3 is 11.9 Å². The summed E-state index contributed by atoms with van der Waals surface area (Å²) < 4.78 is 38.1. The number of pyridine rings is 1. The van der Waals surface area contributed by atoms with E-state index in [9.17, 15) is 23.3 Å². The lowest BCUT2D eigenvalue weighted by Crippen LogP contribution is -2.42. The molecule has 1 unspecified atom stereocenters. The summed E-state index contributed by atoms with van der Waals surface area (Å²) in [4.78, 5) is 13.3. The fourth-order valence-electron chi connectivity index (χ4n) is 2.47. The topological polar surface area (TPSA) is 80.1 Å². The first kappa shape index (κ1) is 16.5. The zero-order valence-electron chi connectivity index (χ0n) is 12.0. The molecule has 0 amide bonds. The second-order valence-electron chi connectivity index (χ2n) is 5.79. The van der Waals surface area contributed by atoms with Crippen molar-refractivity contribution < 1.29 is 18.1 Å². The van der Waals surface area contributed by atoms with E-state index in [0.717, 1.165) is 19.4 Å². The highest BCUT2D eigenvalue weighted by Crippen LogP contribution is 2.34. The SMILES string of the molecule is CC1(CNc2cc(C(F)(F)F)ncc2[N+](=O)[O-])CCCNC1. The Morgan fingerprint density at radius 1 is 1.55 bits per heavy atom. The predicted molar refractivity (Wildman–Crippen MR) is 74.6 cm³/mol. The summed E-state index contributed by atoms with van der Waals surface area (Å²) in [7, 11) is 0. The average Bonchev–Trinajstić information content (AvgIpc) is 2.44. The van der Waals surface area contributed by atoms with Crippen LogP contribution in [0.5, 0.6) is 0 Å². The number of anilines is 1. The van der Waals surface area contributed by atoms with Crippen LogP contribution in [-0.2, 0) is 6.18 Å². The van der Waals surface area contributed by atoms with E-state index in [1.165, 1.54) is 0 Å². The smallest absolute Gasteiger partial charge is 0.379 e. The van der Waals surface area contributed by atoms with Crippen LogP contribution in [0.25, 0.3) is 0 Å². The molecule has 2 heterocycles. The molecule has 2 N–H and O–H groups in total. The first-order valence-corrected chi connectivity index (χ1v) is 6.87. The Morgan fingerprint density at radius 3 is 2.82 bits per heavy atom. The number of nitrogens with one attached hydrogen (secondary N) is 2. The third kappa shape index (κ3) is 3.85. The van der Waals surface area contributed by atoms with Crippen molar-refractivity contribution >= 4 is 11.4 Å². The van der Waals surface area contributed by atoms with Crippen molar-refractivity contribution in [2.45, 2.75) is 25.9 Å². The minimum atomic E-state index is -4.64. The third-order valence-electron chi connectivity index (χ3n) is 3.76. The normalized spacial score (nSPS) is 22.4. The van der Waals surface area contributed by atoms with Gasteiger partial charge in [-0.3, -0.25) is 10.1 Å². The molecular weight excluding hydrogens is 301 g/mol. The summed E-state index contributed by atoms with van der Waals surface area (Å²) >= 11 is 0. The first-order valence-electron chi connectivity index (χ1n) is 6.87. The lowest BCUT2D eigenvalue weighted by molar-refractivity contribution is -0.384. The average molecular weight is 318 g/mol. The van der Waals surface area contributed by atoms with Crippen LogP contribution in [0.15, 0.2) is 12.3 Å². The lowest BCUT2D eigenvalue weighted by atomic mass is 9.83. The van der Waals surface area contributed by atoms with E-state index in [0.29, 0.717) is 25.4 Å². The van der Waals surface area contributed by atoms with Gasteiger partial charge in [-0.25, -0.2) is 4.98 Å². The first-order chi connectivity index (χ1) is 10.2. The van der Waals surface area contributed by atoms with E-state index in [-0.39, 0.29) is 11.1 Å². The zero-order valence-corrected chi connectivity index (χ0v) is 12.0. The van der Waals surface area contributed by atoms with Gasteiger partial charge in [-0.05, 0) is 30.9 Å². The Labute approximate surface area is 125 Å². The van der Waals surface area contributed by atoms with Crippen LogP contribution in [-0.4, -0.2) is 29.5 Å². The number of halogens is 3. The Hall–Kier alpha value is -1.90. The van der Waals surface area contributed by atoms with Crippen LogP contribution in [0.2, 0.25) is 0 Å². The molecule has 0 saturated carbocycles. The highest BCUT2D eigenvalue weighted by molar-refractivity contribution is 5.61. The number of hydrogen-bond donors (Lipinski definition) is 2. The largest absolute Gasteiger partial charge is 0.433 e. The van der Waals surface area contributed by atoms with Gasteiger partial charge in [-0.1, -0.05) is 6.92 Å². The fourth-order valence-corrected chi connectivity index (χ4v) is 2.47. The highest BCUT2D eigenvalue weighted by atomic mass is 19.4. The van der Waals surface area contributed by atoms with Crippen molar-refractivity contribution in [1.29, 1.82) is 0 Å². The number of aromatic nitrogens is 1. The molecule has 22 heavy (non-hydrogen) atoms. The fraction of sp³-hybridized carbons (Fsp3) is 0.615. The van der Waals surface area contributed by atoms with Crippen LogP contribution < -0.4 is 10.6 Å².